The van der Waals surface area contributed by atoms with Crippen LogP contribution in [0.1, 0.15) is 12.0 Å². The van der Waals surface area contributed by atoms with Gasteiger partial charge < -0.3 is 25.0 Å². The summed E-state index contributed by atoms with van der Waals surface area (Å²) in [7, 11) is 1.74. The van der Waals surface area contributed by atoms with Crippen LogP contribution in [0.3, 0.4) is 0 Å². The summed E-state index contributed by atoms with van der Waals surface area (Å²) in [5.41, 5.74) is 1.07. The Balaban J connectivity index is 0.00000225. The van der Waals surface area contributed by atoms with Crippen molar-refractivity contribution in [3.63, 3.8) is 0 Å². The number of ether oxygens (including phenoxy) is 2. The van der Waals surface area contributed by atoms with Crippen molar-refractivity contribution in [2.45, 2.75) is 19.0 Å². The lowest BCUT2D eigenvalue weighted by atomic mass is 10.2. The zero-order valence-corrected chi connectivity index (χ0v) is 17.9. The number of hydrogen-bond donors (Lipinski definition) is 2. The highest BCUT2D eigenvalue weighted by Gasteiger charge is 2.26. The van der Waals surface area contributed by atoms with Gasteiger partial charge in [-0.2, -0.15) is 0 Å². The maximum absolute atomic E-state index is 13.9. The minimum atomic E-state index is -0.288. The molecule has 7 nitrogen and oxygen atoms in total. The third-order valence-electron chi connectivity index (χ3n) is 4.69. The van der Waals surface area contributed by atoms with E-state index >= 15 is 0 Å². The molecule has 0 aliphatic carbocycles. The lowest BCUT2D eigenvalue weighted by molar-refractivity contribution is 0.174. The maximum atomic E-state index is 13.9. The zero-order chi connectivity index (χ0) is 18.6. The van der Waals surface area contributed by atoms with Crippen LogP contribution < -0.4 is 25.0 Å². The van der Waals surface area contributed by atoms with E-state index in [2.05, 4.69) is 20.6 Å². The van der Waals surface area contributed by atoms with Gasteiger partial charge in [-0.25, -0.2) is 9.37 Å². The average Bonchev–Trinajstić information content (AvgIpc) is 3.34. The molecular formula is C19H23FIN5O2. The van der Waals surface area contributed by atoms with Gasteiger partial charge in [0.2, 0.25) is 6.79 Å². The quantitative estimate of drug-likeness (QED) is 0.383. The van der Waals surface area contributed by atoms with Crippen LogP contribution in [0.2, 0.25) is 0 Å². The summed E-state index contributed by atoms with van der Waals surface area (Å²) in [6.45, 7) is 2.31. The monoisotopic (exact) mass is 499 g/mol. The number of aliphatic imine (C=N–C) groups is 1. The van der Waals surface area contributed by atoms with Crippen LogP contribution in [0.4, 0.5) is 10.2 Å². The number of guanidine groups is 1. The van der Waals surface area contributed by atoms with Gasteiger partial charge in [-0.3, -0.25) is 4.99 Å². The van der Waals surface area contributed by atoms with Crippen LogP contribution in [0.15, 0.2) is 41.5 Å². The van der Waals surface area contributed by atoms with Crippen molar-refractivity contribution in [1.29, 1.82) is 0 Å². The van der Waals surface area contributed by atoms with Crippen molar-refractivity contribution in [1.82, 2.24) is 15.6 Å². The Hall–Kier alpha value is -2.30. The molecule has 1 aromatic carbocycles. The van der Waals surface area contributed by atoms with Gasteiger partial charge in [0.15, 0.2) is 29.1 Å². The van der Waals surface area contributed by atoms with Gasteiger partial charge in [0.25, 0.3) is 0 Å². The molecule has 0 spiro atoms. The van der Waals surface area contributed by atoms with Crippen LogP contribution in [0.5, 0.6) is 11.5 Å². The van der Waals surface area contributed by atoms with Crippen LogP contribution in [-0.2, 0) is 6.54 Å². The lowest BCUT2D eigenvalue weighted by Crippen LogP contribution is -2.44. The first-order valence-corrected chi connectivity index (χ1v) is 8.94. The molecule has 4 rings (SSSR count). The molecule has 1 aromatic heterocycles. The first kappa shape index (κ1) is 20.4. The molecule has 1 saturated heterocycles. The number of pyridine rings is 1. The first-order valence-electron chi connectivity index (χ1n) is 8.94. The molecule has 1 atom stereocenters. The first-order chi connectivity index (χ1) is 13.2. The Morgan fingerprint density at radius 2 is 2.18 bits per heavy atom. The van der Waals surface area contributed by atoms with Gasteiger partial charge in [-0.15, -0.1) is 24.0 Å². The summed E-state index contributed by atoms with van der Waals surface area (Å²) in [6, 6.07) is 9.08. The number of nitrogens with one attached hydrogen (secondary N) is 2. The minimum absolute atomic E-state index is 0. The van der Waals surface area contributed by atoms with Gasteiger partial charge in [0.05, 0.1) is 0 Å². The number of aromatic nitrogens is 1. The van der Waals surface area contributed by atoms with Gasteiger partial charge in [-0.05, 0) is 36.2 Å². The van der Waals surface area contributed by atoms with E-state index in [1.165, 1.54) is 6.07 Å². The van der Waals surface area contributed by atoms with Crippen molar-refractivity contribution in [2.24, 2.45) is 4.99 Å². The number of halogens is 2. The Morgan fingerprint density at radius 3 is 3.00 bits per heavy atom. The topological polar surface area (TPSA) is 71.0 Å². The molecule has 1 fully saturated rings. The zero-order valence-electron chi connectivity index (χ0n) is 15.5. The van der Waals surface area contributed by atoms with Gasteiger partial charge in [0, 0.05) is 38.9 Å². The van der Waals surface area contributed by atoms with E-state index in [0.717, 1.165) is 30.0 Å². The standard InChI is InChI=1S/C19H22FN5O2.HI/c1-21-19(23-10-13-4-5-16-17(9-13)27-12-26-16)24-14-6-8-25(11-14)18-15(20)3-2-7-22-18;/h2-5,7,9,14H,6,8,10-12H2,1H3,(H2,21,23,24);1H. The van der Waals surface area contributed by atoms with Crippen LogP contribution in [-0.4, -0.2) is 43.9 Å². The molecule has 2 aliphatic rings. The second-order valence-electron chi connectivity index (χ2n) is 6.50. The fourth-order valence-corrected chi connectivity index (χ4v) is 3.31. The third-order valence-corrected chi connectivity index (χ3v) is 4.69. The van der Waals surface area contributed by atoms with E-state index in [9.17, 15) is 4.39 Å². The Bertz CT molecular complexity index is 851. The molecule has 2 N–H and O–H groups in total. The Kier molecular flexibility index (Phi) is 6.76. The highest BCUT2D eigenvalue weighted by atomic mass is 127. The molecule has 9 heteroatoms. The maximum Gasteiger partial charge on any atom is 0.231 e. The van der Waals surface area contributed by atoms with Gasteiger partial charge >= 0.3 is 0 Å². The smallest absolute Gasteiger partial charge is 0.231 e. The fraction of sp³-hybridized carbons (Fsp3) is 0.368. The summed E-state index contributed by atoms with van der Waals surface area (Å²) >= 11 is 0. The van der Waals surface area contributed by atoms with Crippen molar-refractivity contribution in [3.8, 4) is 11.5 Å². The Morgan fingerprint density at radius 1 is 1.32 bits per heavy atom. The molecule has 0 saturated carbocycles. The summed E-state index contributed by atoms with van der Waals surface area (Å²) in [5, 5.41) is 6.70. The van der Waals surface area contributed by atoms with E-state index in [4.69, 9.17) is 9.47 Å². The van der Waals surface area contributed by atoms with Gasteiger partial charge in [-0.1, -0.05) is 6.07 Å². The van der Waals surface area contributed by atoms with Crippen LogP contribution in [0, 0.1) is 5.82 Å². The average molecular weight is 499 g/mol. The number of nitrogens with zero attached hydrogens (tertiary/aromatic N) is 3. The number of anilines is 1. The summed E-state index contributed by atoms with van der Waals surface area (Å²) < 4.78 is 24.7. The predicted octanol–water partition coefficient (Wildman–Crippen LogP) is 2.51. The largest absolute Gasteiger partial charge is 0.454 e. The van der Waals surface area contributed by atoms with Crippen molar-refractivity contribution in [2.75, 3.05) is 31.8 Å². The molecule has 0 radical (unpaired) electrons. The number of fused-ring (bicyclic) bond motifs is 1. The molecule has 2 aliphatic heterocycles. The molecule has 1 unspecified atom stereocenters. The molecule has 0 bridgehead atoms. The molecule has 3 heterocycles. The van der Waals surface area contributed by atoms with Crippen LogP contribution >= 0.6 is 24.0 Å². The van der Waals surface area contributed by atoms with Crippen molar-refractivity contribution < 1.29 is 13.9 Å². The summed E-state index contributed by atoms with van der Waals surface area (Å²) in [4.78, 5) is 10.4. The normalized spacial score (nSPS) is 18.0. The third kappa shape index (κ3) is 4.57. The fourth-order valence-electron chi connectivity index (χ4n) is 3.31. The number of hydrogen-bond acceptors (Lipinski definition) is 5. The van der Waals surface area contributed by atoms with Crippen LogP contribution in [0.25, 0.3) is 0 Å². The van der Waals surface area contributed by atoms with Crippen molar-refractivity contribution >= 4 is 35.8 Å². The highest BCUT2D eigenvalue weighted by Crippen LogP contribution is 2.32. The molecule has 2 aromatic rings. The second-order valence-corrected chi connectivity index (χ2v) is 6.50. The highest BCUT2D eigenvalue weighted by molar-refractivity contribution is 14.0. The molecule has 150 valence electrons. The molecular weight excluding hydrogens is 476 g/mol. The lowest BCUT2D eigenvalue weighted by Gasteiger charge is -2.20. The number of benzene rings is 1. The predicted molar refractivity (Wildman–Crippen MR) is 116 cm³/mol. The molecule has 28 heavy (non-hydrogen) atoms. The van der Waals surface area contributed by atoms with Crippen molar-refractivity contribution in [3.05, 3.63) is 47.9 Å². The minimum Gasteiger partial charge on any atom is -0.454 e. The Labute approximate surface area is 180 Å². The van der Waals surface area contributed by atoms with E-state index in [1.54, 1.807) is 19.3 Å². The number of rotatable bonds is 4. The van der Waals surface area contributed by atoms with E-state index < -0.39 is 0 Å². The van der Waals surface area contributed by atoms with E-state index in [0.29, 0.717) is 24.9 Å². The van der Waals surface area contributed by atoms with E-state index in [1.807, 2.05) is 23.1 Å². The SMILES string of the molecule is CN=C(NCc1ccc2c(c1)OCO2)NC1CCN(c2ncccc2F)C1.I. The second kappa shape index (κ2) is 9.26. The summed E-state index contributed by atoms with van der Waals surface area (Å²) in [5.74, 6) is 2.37. The van der Waals surface area contributed by atoms with Gasteiger partial charge in [0.1, 0.15) is 0 Å². The van der Waals surface area contributed by atoms with E-state index in [-0.39, 0.29) is 42.6 Å². The summed E-state index contributed by atoms with van der Waals surface area (Å²) in [6.07, 6.45) is 2.51. The molecule has 0 amide bonds.